The number of thioether (sulfide) groups is 1. The number of ether oxygens (including phenoxy) is 2. The monoisotopic (exact) mass is 484 g/mol. The Labute approximate surface area is 184 Å². The summed E-state index contributed by atoms with van der Waals surface area (Å²) in [6.45, 7) is 5.23. The van der Waals surface area contributed by atoms with Crippen LogP contribution in [0.4, 0.5) is 0 Å². The molecule has 3 heterocycles. The van der Waals surface area contributed by atoms with E-state index in [1.165, 1.54) is 0 Å². The molecule has 0 saturated heterocycles. The first-order chi connectivity index (χ1) is 14.7. The number of hydrogen-bond acceptors (Lipinski definition) is 6. The summed E-state index contributed by atoms with van der Waals surface area (Å²) >= 11 is 5.17. The van der Waals surface area contributed by atoms with Crippen LogP contribution >= 0.6 is 27.7 Å². The number of hydrogen-bond donors (Lipinski definition) is 0. The van der Waals surface area contributed by atoms with Crippen LogP contribution in [0.25, 0.3) is 16.7 Å². The summed E-state index contributed by atoms with van der Waals surface area (Å²) < 4.78 is 15.8. The Morgan fingerprint density at radius 1 is 1.17 bits per heavy atom. The molecule has 0 saturated carbocycles. The number of nitrogens with zero attached hydrogens (tertiary/aromatic N) is 4. The molecule has 0 N–H and O–H groups in total. The molecule has 1 aliphatic heterocycles. The van der Waals surface area contributed by atoms with Crippen LogP contribution in [0.2, 0.25) is 0 Å². The third-order valence-electron chi connectivity index (χ3n) is 4.86. The van der Waals surface area contributed by atoms with Crippen molar-refractivity contribution in [1.82, 2.24) is 19.2 Å². The van der Waals surface area contributed by atoms with Gasteiger partial charge in [0.25, 0.3) is 5.56 Å². The van der Waals surface area contributed by atoms with Crippen LogP contribution in [-0.2, 0) is 12.3 Å². The van der Waals surface area contributed by atoms with Crippen molar-refractivity contribution in [2.75, 3.05) is 13.2 Å². The Kier molecular flexibility index (Phi) is 5.00. The van der Waals surface area contributed by atoms with Gasteiger partial charge in [0.15, 0.2) is 16.7 Å². The van der Waals surface area contributed by atoms with E-state index in [4.69, 9.17) is 9.47 Å². The van der Waals surface area contributed by atoms with Gasteiger partial charge in [-0.1, -0.05) is 45.9 Å². The Balaban J connectivity index is 1.58. The van der Waals surface area contributed by atoms with Gasteiger partial charge >= 0.3 is 0 Å². The second-order valence-corrected chi connectivity index (χ2v) is 8.51. The van der Waals surface area contributed by atoms with Gasteiger partial charge in [0.2, 0.25) is 5.78 Å². The lowest BCUT2D eigenvalue weighted by atomic mass is 10.2. The molecule has 0 fully saturated rings. The zero-order chi connectivity index (χ0) is 20.7. The second-order valence-electron chi connectivity index (χ2n) is 6.72. The number of allylic oxidation sites excluding steroid dienone is 1. The maximum absolute atomic E-state index is 12.9. The van der Waals surface area contributed by atoms with E-state index < -0.39 is 0 Å². The maximum Gasteiger partial charge on any atom is 0.263 e. The summed E-state index contributed by atoms with van der Waals surface area (Å²) in [4.78, 5) is 12.9. The van der Waals surface area contributed by atoms with Crippen molar-refractivity contribution in [2.24, 2.45) is 0 Å². The van der Waals surface area contributed by atoms with E-state index in [1.54, 1.807) is 22.4 Å². The lowest BCUT2D eigenvalue weighted by Gasteiger charge is -2.19. The molecular formula is C21H17BrN4O3S. The predicted octanol–water partition coefficient (Wildman–Crippen LogP) is 4.06. The minimum Gasteiger partial charge on any atom is -0.486 e. The van der Waals surface area contributed by atoms with E-state index in [1.807, 2.05) is 40.8 Å². The highest BCUT2D eigenvalue weighted by Gasteiger charge is 2.18. The number of rotatable bonds is 5. The van der Waals surface area contributed by atoms with Gasteiger partial charge in [0.1, 0.15) is 13.2 Å². The minimum absolute atomic E-state index is 0.100. The van der Waals surface area contributed by atoms with Gasteiger partial charge < -0.3 is 9.47 Å². The smallest absolute Gasteiger partial charge is 0.263 e. The van der Waals surface area contributed by atoms with Gasteiger partial charge in [-0.2, -0.15) is 0 Å². The van der Waals surface area contributed by atoms with Gasteiger partial charge in [-0.15, -0.1) is 16.8 Å². The van der Waals surface area contributed by atoms with E-state index >= 15 is 0 Å². The van der Waals surface area contributed by atoms with E-state index in [0.717, 1.165) is 27.1 Å². The first-order valence-corrected chi connectivity index (χ1v) is 11.1. The molecule has 0 radical (unpaired) electrons. The van der Waals surface area contributed by atoms with Crippen molar-refractivity contribution in [2.45, 2.75) is 17.5 Å². The van der Waals surface area contributed by atoms with Crippen LogP contribution in [-0.4, -0.2) is 32.4 Å². The Morgan fingerprint density at radius 2 is 1.93 bits per heavy atom. The molecule has 5 rings (SSSR count). The fourth-order valence-corrected chi connectivity index (χ4v) is 5.06. The SMILES string of the molecule is C=CCn1c(=O)c2ccccc2n2c(SCc3cc4c(cc3Br)OCCO4)nnc12. The summed E-state index contributed by atoms with van der Waals surface area (Å²) in [7, 11) is 0. The van der Waals surface area contributed by atoms with Crippen LogP contribution in [0.15, 0.2) is 63.5 Å². The average molecular weight is 485 g/mol. The molecule has 2 aromatic carbocycles. The van der Waals surface area contributed by atoms with Crippen molar-refractivity contribution in [3.8, 4) is 11.5 Å². The van der Waals surface area contributed by atoms with Crippen molar-refractivity contribution in [3.63, 3.8) is 0 Å². The van der Waals surface area contributed by atoms with E-state index in [0.29, 0.717) is 41.8 Å². The predicted molar refractivity (Wildman–Crippen MR) is 120 cm³/mol. The van der Waals surface area contributed by atoms with Crippen molar-refractivity contribution in [3.05, 3.63) is 69.4 Å². The van der Waals surface area contributed by atoms with Crippen LogP contribution in [0.1, 0.15) is 5.56 Å². The van der Waals surface area contributed by atoms with E-state index in [9.17, 15) is 4.79 Å². The normalized spacial score (nSPS) is 13.1. The standard InChI is InChI=1S/C21H17BrN4O3S/c1-2-7-25-19(27)14-5-3-4-6-16(14)26-20(25)23-24-21(26)30-12-13-10-17-18(11-15(13)22)29-9-8-28-17/h2-6,10-11H,1,7-9,12H2. The molecule has 9 heteroatoms. The third kappa shape index (κ3) is 3.18. The number of benzene rings is 2. The molecule has 7 nitrogen and oxygen atoms in total. The molecule has 0 bridgehead atoms. The zero-order valence-electron chi connectivity index (χ0n) is 15.9. The summed E-state index contributed by atoms with van der Waals surface area (Å²) in [5.41, 5.74) is 1.74. The fraction of sp³-hybridized carbons (Fsp3) is 0.190. The Morgan fingerprint density at radius 3 is 2.73 bits per heavy atom. The lowest BCUT2D eigenvalue weighted by molar-refractivity contribution is 0.171. The summed E-state index contributed by atoms with van der Waals surface area (Å²) in [5, 5.41) is 10.0. The second kappa shape index (κ2) is 7.81. The van der Waals surface area contributed by atoms with Gasteiger partial charge in [-0.05, 0) is 29.8 Å². The molecule has 4 aromatic rings. The van der Waals surface area contributed by atoms with Crippen molar-refractivity contribution >= 4 is 44.4 Å². The maximum atomic E-state index is 12.9. The number of para-hydroxylation sites is 1. The molecule has 30 heavy (non-hydrogen) atoms. The van der Waals surface area contributed by atoms with Gasteiger partial charge in [0.05, 0.1) is 10.9 Å². The first kappa shape index (κ1) is 19.2. The summed E-state index contributed by atoms with van der Waals surface area (Å²) in [5.74, 6) is 2.64. The van der Waals surface area contributed by atoms with Crippen LogP contribution in [0, 0.1) is 0 Å². The zero-order valence-corrected chi connectivity index (χ0v) is 18.3. The third-order valence-corrected chi connectivity index (χ3v) is 6.57. The number of aromatic nitrogens is 4. The highest BCUT2D eigenvalue weighted by Crippen LogP contribution is 2.37. The Hall–Kier alpha value is -2.78. The average Bonchev–Trinajstić information content (AvgIpc) is 3.19. The van der Waals surface area contributed by atoms with Gasteiger partial charge in [-0.25, -0.2) is 0 Å². The Bertz CT molecular complexity index is 1350. The minimum atomic E-state index is -0.100. The molecule has 0 atom stereocenters. The first-order valence-electron chi connectivity index (χ1n) is 9.36. The van der Waals surface area contributed by atoms with Crippen molar-refractivity contribution < 1.29 is 9.47 Å². The van der Waals surface area contributed by atoms with Gasteiger partial charge in [-0.3, -0.25) is 13.8 Å². The molecule has 0 aliphatic carbocycles. The number of fused-ring (bicyclic) bond motifs is 4. The summed E-state index contributed by atoms with van der Waals surface area (Å²) in [6, 6.07) is 11.4. The van der Waals surface area contributed by atoms with Crippen LogP contribution in [0.5, 0.6) is 11.5 Å². The highest BCUT2D eigenvalue weighted by molar-refractivity contribution is 9.10. The fourth-order valence-electron chi connectivity index (χ4n) is 3.48. The molecule has 152 valence electrons. The molecule has 2 aromatic heterocycles. The van der Waals surface area contributed by atoms with Gasteiger partial charge in [0, 0.05) is 16.8 Å². The quantitative estimate of drug-likeness (QED) is 0.314. The molecule has 0 amide bonds. The molecule has 0 unspecified atom stereocenters. The van der Waals surface area contributed by atoms with Crippen LogP contribution in [0.3, 0.4) is 0 Å². The molecular weight excluding hydrogens is 468 g/mol. The summed E-state index contributed by atoms with van der Waals surface area (Å²) in [6.07, 6.45) is 1.68. The lowest BCUT2D eigenvalue weighted by Crippen LogP contribution is -2.22. The number of halogens is 1. The van der Waals surface area contributed by atoms with Crippen LogP contribution < -0.4 is 15.0 Å². The topological polar surface area (TPSA) is 70.7 Å². The van der Waals surface area contributed by atoms with E-state index in [2.05, 4.69) is 32.7 Å². The molecule has 0 spiro atoms. The largest absolute Gasteiger partial charge is 0.486 e. The highest BCUT2D eigenvalue weighted by atomic mass is 79.9. The van der Waals surface area contributed by atoms with E-state index in [-0.39, 0.29) is 5.56 Å². The molecule has 1 aliphatic rings. The van der Waals surface area contributed by atoms with Crippen molar-refractivity contribution in [1.29, 1.82) is 0 Å².